The van der Waals surface area contributed by atoms with Gasteiger partial charge in [0, 0.05) is 36.8 Å². The predicted octanol–water partition coefficient (Wildman–Crippen LogP) is 0.694. The van der Waals surface area contributed by atoms with E-state index in [2.05, 4.69) is 20.6 Å². The number of nitrogens with zero attached hydrogens (tertiary/aromatic N) is 2. The Morgan fingerprint density at radius 1 is 1.67 bits per heavy atom. The lowest BCUT2D eigenvalue weighted by atomic mass is 10.2. The summed E-state index contributed by atoms with van der Waals surface area (Å²) in [4.78, 5) is 6.77. The van der Waals surface area contributed by atoms with Crippen LogP contribution in [0.25, 0.3) is 0 Å². The van der Waals surface area contributed by atoms with Crippen LogP contribution in [0.3, 0.4) is 0 Å². The standard InChI is InChI=1S/C8H11N3S/c1-2-12-8(9-1)11-5-6-3-7(11)4-10-6/h1-2,6-7,10H,3-5H2. The molecule has 0 saturated carbocycles. The zero-order valence-corrected chi connectivity index (χ0v) is 7.55. The highest BCUT2D eigenvalue weighted by Crippen LogP contribution is 2.30. The van der Waals surface area contributed by atoms with Crippen LogP contribution in [-0.4, -0.2) is 30.2 Å². The molecule has 1 aromatic rings. The molecular formula is C8H11N3S. The first kappa shape index (κ1) is 6.86. The molecule has 3 nitrogen and oxygen atoms in total. The van der Waals surface area contributed by atoms with Crippen LogP contribution in [-0.2, 0) is 0 Å². The molecule has 2 aliphatic rings. The highest BCUT2D eigenvalue weighted by atomic mass is 32.1. The van der Waals surface area contributed by atoms with E-state index in [4.69, 9.17) is 0 Å². The van der Waals surface area contributed by atoms with Gasteiger partial charge in [-0.05, 0) is 6.42 Å². The molecular weight excluding hydrogens is 170 g/mol. The van der Waals surface area contributed by atoms with Gasteiger partial charge in [-0.2, -0.15) is 0 Å². The minimum atomic E-state index is 0.709. The number of rotatable bonds is 1. The summed E-state index contributed by atoms with van der Waals surface area (Å²) in [7, 11) is 0. The molecule has 0 radical (unpaired) electrons. The monoisotopic (exact) mass is 181 g/mol. The van der Waals surface area contributed by atoms with Crippen LogP contribution in [0.1, 0.15) is 6.42 Å². The Morgan fingerprint density at radius 3 is 3.25 bits per heavy atom. The van der Waals surface area contributed by atoms with E-state index in [9.17, 15) is 0 Å². The summed E-state index contributed by atoms with van der Waals surface area (Å²) in [5.41, 5.74) is 0. The third kappa shape index (κ3) is 0.881. The Bertz CT molecular complexity index is 272. The van der Waals surface area contributed by atoms with Gasteiger partial charge >= 0.3 is 0 Å². The summed E-state index contributed by atoms with van der Waals surface area (Å²) in [5.74, 6) is 0. The quantitative estimate of drug-likeness (QED) is 0.691. The molecule has 2 bridgehead atoms. The first-order chi connectivity index (χ1) is 5.93. The largest absolute Gasteiger partial charge is 0.342 e. The third-order valence-electron chi connectivity index (χ3n) is 2.72. The second-order valence-electron chi connectivity index (χ2n) is 3.46. The molecule has 0 amide bonds. The molecule has 0 aromatic carbocycles. The summed E-state index contributed by atoms with van der Waals surface area (Å²) >= 11 is 1.75. The summed E-state index contributed by atoms with van der Waals surface area (Å²) in [6.45, 7) is 2.29. The lowest BCUT2D eigenvalue weighted by Gasteiger charge is -2.26. The van der Waals surface area contributed by atoms with Crippen molar-refractivity contribution in [3.63, 3.8) is 0 Å². The number of hydrogen-bond acceptors (Lipinski definition) is 4. The lowest BCUT2D eigenvalue weighted by molar-refractivity contribution is 0.579. The molecule has 2 unspecified atom stereocenters. The van der Waals surface area contributed by atoms with Crippen LogP contribution < -0.4 is 10.2 Å². The highest BCUT2D eigenvalue weighted by molar-refractivity contribution is 7.13. The number of aromatic nitrogens is 1. The fourth-order valence-corrected chi connectivity index (χ4v) is 2.88. The lowest BCUT2D eigenvalue weighted by Crippen LogP contribution is -2.43. The van der Waals surface area contributed by atoms with Gasteiger partial charge < -0.3 is 10.2 Å². The van der Waals surface area contributed by atoms with Crippen LogP contribution >= 0.6 is 11.3 Å². The molecule has 3 heterocycles. The van der Waals surface area contributed by atoms with Crippen molar-refractivity contribution in [2.75, 3.05) is 18.0 Å². The van der Waals surface area contributed by atoms with E-state index < -0.39 is 0 Å². The van der Waals surface area contributed by atoms with E-state index in [0.29, 0.717) is 6.04 Å². The molecule has 2 aliphatic heterocycles. The zero-order valence-electron chi connectivity index (χ0n) is 6.73. The van der Waals surface area contributed by atoms with Crippen molar-refractivity contribution in [2.24, 2.45) is 0 Å². The average molecular weight is 181 g/mol. The molecule has 64 valence electrons. The Labute approximate surface area is 75.4 Å². The second kappa shape index (κ2) is 2.44. The van der Waals surface area contributed by atoms with Crippen LogP contribution in [0.15, 0.2) is 11.6 Å². The number of thiazole rings is 1. The Balaban J connectivity index is 1.87. The number of anilines is 1. The number of hydrogen-bond donors (Lipinski definition) is 1. The van der Waals surface area contributed by atoms with E-state index in [0.717, 1.165) is 19.1 Å². The van der Waals surface area contributed by atoms with Gasteiger partial charge in [0.1, 0.15) is 0 Å². The number of fused-ring (bicyclic) bond motifs is 2. The Hall–Kier alpha value is -0.610. The van der Waals surface area contributed by atoms with Crippen molar-refractivity contribution >= 4 is 16.5 Å². The molecule has 0 aliphatic carbocycles. The van der Waals surface area contributed by atoms with Crippen LogP contribution in [0, 0.1) is 0 Å². The Kier molecular flexibility index (Phi) is 1.39. The summed E-state index contributed by atoms with van der Waals surface area (Å²) in [6.07, 6.45) is 3.19. The minimum Gasteiger partial charge on any atom is -0.342 e. The fourth-order valence-electron chi connectivity index (χ4n) is 2.15. The van der Waals surface area contributed by atoms with Crippen LogP contribution in [0.5, 0.6) is 0 Å². The smallest absolute Gasteiger partial charge is 0.185 e. The van der Waals surface area contributed by atoms with Gasteiger partial charge in [0.05, 0.1) is 0 Å². The number of nitrogens with one attached hydrogen (secondary N) is 1. The maximum absolute atomic E-state index is 4.33. The second-order valence-corrected chi connectivity index (χ2v) is 4.33. The molecule has 2 atom stereocenters. The maximum atomic E-state index is 4.33. The van der Waals surface area contributed by atoms with Gasteiger partial charge in [-0.3, -0.25) is 0 Å². The predicted molar refractivity (Wildman–Crippen MR) is 49.7 cm³/mol. The third-order valence-corrected chi connectivity index (χ3v) is 3.53. The topological polar surface area (TPSA) is 28.2 Å². The molecule has 2 fully saturated rings. The normalized spacial score (nSPS) is 33.2. The van der Waals surface area contributed by atoms with Gasteiger partial charge in [-0.15, -0.1) is 11.3 Å². The van der Waals surface area contributed by atoms with E-state index in [1.54, 1.807) is 11.3 Å². The van der Waals surface area contributed by atoms with E-state index >= 15 is 0 Å². The van der Waals surface area contributed by atoms with Crippen molar-refractivity contribution < 1.29 is 0 Å². The summed E-state index contributed by atoms with van der Waals surface area (Å²) in [6, 6.07) is 1.43. The fraction of sp³-hybridized carbons (Fsp3) is 0.625. The summed E-state index contributed by atoms with van der Waals surface area (Å²) in [5, 5.41) is 6.73. The van der Waals surface area contributed by atoms with Crippen LogP contribution in [0.4, 0.5) is 5.13 Å². The minimum absolute atomic E-state index is 0.709. The molecule has 1 aromatic heterocycles. The zero-order chi connectivity index (χ0) is 7.97. The Morgan fingerprint density at radius 2 is 2.67 bits per heavy atom. The van der Waals surface area contributed by atoms with Crippen molar-refractivity contribution in [3.05, 3.63) is 11.6 Å². The first-order valence-electron chi connectivity index (χ1n) is 4.33. The average Bonchev–Trinajstić information content (AvgIpc) is 2.81. The van der Waals surface area contributed by atoms with Crippen molar-refractivity contribution in [3.8, 4) is 0 Å². The van der Waals surface area contributed by atoms with Gasteiger partial charge in [0.25, 0.3) is 0 Å². The molecule has 3 rings (SSSR count). The van der Waals surface area contributed by atoms with Gasteiger partial charge in [0.2, 0.25) is 0 Å². The van der Waals surface area contributed by atoms with Crippen LogP contribution in [0.2, 0.25) is 0 Å². The van der Waals surface area contributed by atoms with Gasteiger partial charge in [-0.25, -0.2) is 4.98 Å². The van der Waals surface area contributed by atoms with E-state index in [1.807, 2.05) is 6.20 Å². The molecule has 12 heavy (non-hydrogen) atoms. The van der Waals surface area contributed by atoms with Crippen molar-refractivity contribution in [1.29, 1.82) is 0 Å². The van der Waals surface area contributed by atoms with E-state index in [1.165, 1.54) is 11.6 Å². The van der Waals surface area contributed by atoms with Gasteiger partial charge in [0.15, 0.2) is 5.13 Å². The molecule has 2 saturated heterocycles. The summed E-state index contributed by atoms with van der Waals surface area (Å²) < 4.78 is 0. The first-order valence-corrected chi connectivity index (χ1v) is 5.21. The molecule has 1 N–H and O–H groups in total. The molecule has 4 heteroatoms. The number of piperazine rings is 1. The highest BCUT2D eigenvalue weighted by Gasteiger charge is 2.38. The van der Waals surface area contributed by atoms with Crippen molar-refractivity contribution in [2.45, 2.75) is 18.5 Å². The molecule has 0 spiro atoms. The van der Waals surface area contributed by atoms with Crippen molar-refractivity contribution in [1.82, 2.24) is 10.3 Å². The maximum Gasteiger partial charge on any atom is 0.185 e. The SMILES string of the molecule is c1csc(N2CC3CC2CN3)n1. The van der Waals surface area contributed by atoms with Gasteiger partial charge in [-0.1, -0.05) is 0 Å². The van der Waals surface area contributed by atoms with E-state index in [-0.39, 0.29) is 0 Å².